The van der Waals surface area contributed by atoms with Crippen molar-refractivity contribution in [1.82, 2.24) is 4.98 Å². The molecule has 26 heavy (non-hydrogen) atoms. The van der Waals surface area contributed by atoms with Crippen LogP contribution in [0.25, 0.3) is 21.2 Å². The average molecular weight is 367 g/mol. The third kappa shape index (κ3) is 2.44. The van der Waals surface area contributed by atoms with Gasteiger partial charge in [-0.05, 0) is 36.4 Å². The molecule has 0 saturated carbocycles. The van der Waals surface area contributed by atoms with Gasteiger partial charge < -0.3 is 14.2 Å². The van der Waals surface area contributed by atoms with Gasteiger partial charge in [-0.15, -0.1) is 0 Å². The molecule has 0 fully saturated rings. The normalized spacial score (nSPS) is 14.2. The Bertz CT molecular complexity index is 1130. The Morgan fingerprint density at radius 2 is 2.08 bits per heavy atom. The van der Waals surface area contributed by atoms with Crippen LogP contribution < -0.4 is 9.80 Å². The molecule has 6 heteroatoms. The summed E-state index contributed by atoms with van der Waals surface area (Å²) in [5.41, 5.74) is 4.06. The van der Waals surface area contributed by atoms with Gasteiger partial charge in [0.15, 0.2) is 5.13 Å². The number of thiazole rings is 1. The van der Waals surface area contributed by atoms with Crippen LogP contribution >= 0.6 is 11.3 Å². The quantitative estimate of drug-likeness (QED) is 0.509. The average Bonchev–Trinajstić information content (AvgIpc) is 3.21. The second kappa shape index (κ2) is 5.71. The van der Waals surface area contributed by atoms with Crippen LogP contribution in [0.15, 0.2) is 40.8 Å². The molecule has 2 aromatic carbocycles. The summed E-state index contributed by atoms with van der Waals surface area (Å²) in [6.45, 7) is 1.62. The zero-order valence-electron chi connectivity index (χ0n) is 14.6. The number of hydrogen-bond acceptors (Lipinski definition) is 5. The SMILES string of the molecule is CN(C)c1nc2ccc(N3CCc4oc5ccc(F)cc5c4C3)cc2s1. The number of hydrogen-bond donors (Lipinski definition) is 0. The van der Waals surface area contributed by atoms with Crippen molar-refractivity contribution in [2.75, 3.05) is 30.4 Å². The second-order valence-electron chi connectivity index (χ2n) is 6.86. The molecule has 1 aliphatic heterocycles. The lowest BCUT2D eigenvalue weighted by molar-refractivity contribution is 0.521. The molecule has 0 saturated heterocycles. The van der Waals surface area contributed by atoms with E-state index in [9.17, 15) is 4.39 Å². The molecular weight excluding hydrogens is 349 g/mol. The van der Waals surface area contributed by atoms with E-state index in [-0.39, 0.29) is 5.82 Å². The van der Waals surface area contributed by atoms with E-state index in [1.807, 2.05) is 19.0 Å². The number of anilines is 2. The van der Waals surface area contributed by atoms with Crippen LogP contribution in [0.3, 0.4) is 0 Å². The highest BCUT2D eigenvalue weighted by atomic mass is 32.1. The van der Waals surface area contributed by atoms with Gasteiger partial charge in [-0.2, -0.15) is 0 Å². The fourth-order valence-corrected chi connectivity index (χ4v) is 4.48. The summed E-state index contributed by atoms with van der Waals surface area (Å²) in [6, 6.07) is 11.2. The first-order valence-corrected chi connectivity index (χ1v) is 9.43. The molecule has 4 aromatic rings. The Morgan fingerprint density at radius 3 is 2.92 bits per heavy atom. The Hall–Kier alpha value is -2.60. The van der Waals surface area contributed by atoms with Crippen LogP contribution in [0, 0.1) is 5.82 Å². The van der Waals surface area contributed by atoms with Crippen molar-refractivity contribution in [3.05, 3.63) is 53.5 Å². The maximum atomic E-state index is 13.7. The van der Waals surface area contributed by atoms with Crippen molar-refractivity contribution in [3.8, 4) is 0 Å². The minimum absolute atomic E-state index is 0.222. The number of aromatic nitrogens is 1. The van der Waals surface area contributed by atoms with Crippen molar-refractivity contribution in [2.24, 2.45) is 0 Å². The van der Waals surface area contributed by atoms with E-state index in [0.717, 1.165) is 52.5 Å². The first-order chi connectivity index (χ1) is 12.6. The van der Waals surface area contributed by atoms with Crippen LogP contribution in [-0.2, 0) is 13.0 Å². The predicted molar refractivity (Wildman–Crippen MR) is 105 cm³/mol. The molecule has 0 radical (unpaired) electrons. The van der Waals surface area contributed by atoms with Crippen molar-refractivity contribution >= 4 is 43.3 Å². The minimum Gasteiger partial charge on any atom is -0.461 e. The molecule has 0 atom stereocenters. The molecule has 0 amide bonds. The standard InChI is InChI=1S/C20H18FN3OS/c1-23(2)20-22-16-5-4-13(10-19(16)26-20)24-8-7-18-15(11-24)14-9-12(21)3-6-17(14)25-18/h3-6,9-10H,7-8,11H2,1-2H3. The Labute approximate surface area is 154 Å². The van der Waals surface area contributed by atoms with E-state index in [2.05, 4.69) is 28.1 Å². The molecule has 1 aliphatic rings. The maximum absolute atomic E-state index is 13.7. The lowest BCUT2D eigenvalue weighted by atomic mass is 10.0. The first-order valence-electron chi connectivity index (χ1n) is 8.61. The Balaban J connectivity index is 1.53. The van der Waals surface area contributed by atoms with Gasteiger partial charge in [-0.25, -0.2) is 9.37 Å². The summed E-state index contributed by atoms with van der Waals surface area (Å²) < 4.78 is 20.8. The predicted octanol–water partition coefficient (Wildman–Crippen LogP) is 4.81. The molecule has 0 aliphatic carbocycles. The zero-order valence-corrected chi connectivity index (χ0v) is 15.4. The van der Waals surface area contributed by atoms with E-state index in [0.29, 0.717) is 0 Å². The van der Waals surface area contributed by atoms with E-state index < -0.39 is 0 Å². The number of furan rings is 1. The van der Waals surface area contributed by atoms with Crippen LogP contribution in [-0.4, -0.2) is 25.6 Å². The van der Waals surface area contributed by atoms with E-state index >= 15 is 0 Å². The molecule has 0 bridgehead atoms. The third-order valence-electron chi connectivity index (χ3n) is 4.90. The van der Waals surface area contributed by atoms with Crippen LogP contribution in [0.4, 0.5) is 15.2 Å². The molecule has 2 aromatic heterocycles. The number of nitrogens with zero attached hydrogens (tertiary/aromatic N) is 3. The molecule has 0 N–H and O–H groups in total. The Morgan fingerprint density at radius 1 is 1.19 bits per heavy atom. The van der Waals surface area contributed by atoms with Gasteiger partial charge in [0.05, 0.1) is 10.2 Å². The zero-order chi connectivity index (χ0) is 17.8. The van der Waals surface area contributed by atoms with E-state index in [4.69, 9.17) is 4.42 Å². The number of fused-ring (bicyclic) bond motifs is 4. The maximum Gasteiger partial charge on any atom is 0.185 e. The largest absolute Gasteiger partial charge is 0.461 e. The number of rotatable bonds is 2. The molecular formula is C20H18FN3OS. The monoisotopic (exact) mass is 367 g/mol. The van der Waals surface area contributed by atoms with E-state index in [1.165, 1.54) is 16.5 Å². The molecule has 5 rings (SSSR count). The fourth-order valence-electron chi connectivity index (χ4n) is 3.56. The summed E-state index contributed by atoms with van der Waals surface area (Å²) in [6.07, 6.45) is 0.829. The third-order valence-corrected chi connectivity index (χ3v) is 6.09. The molecule has 0 spiro atoms. The van der Waals surface area contributed by atoms with Gasteiger partial charge in [-0.3, -0.25) is 0 Å². The lowest BCUT2D eigenvalue weighted by Crippen LogP contribution is -2.29. The van der Waals surface area contributed by atoms with Crippen molar-refractivity contribution in [1.29, 1.82) is 0 Å². The second-order valence-corrected chi connectivity index (χ2v) is 7.87. The van der Waals surface area contributed by atoms with Crippen LogP contribution in [0.2, 0.25) is 0 Å². The number of benzene rings is 2. The van der Waals surface area contributed by atoms with Gasteiger partial charge in [0.1, 0.15) is 17.2 Å². The first kappa shape index (κ1) is 15.6. The summed E-state index contributed by atoms with van der Waals surface area (Å²) >= 11 is 1.70. The van der Waals surface area contributed by atoms with Gasteiger partial charge in [0.2, 0.25) is 0 Å². The van der Waals surface area contributed by atoms with Gasteiger partial charge in [-0.1, -0.05) is 11.3 Å². The van der Waals surface area contributed by atoms with E-state index in [1.54, 1.807) is 23.5 Å². The molecule has 4 nitrogen and oxygen atoms in total. The smallest absolute Gasteiger partial charge is 0.185 e. The number of halogens is 1. The lowest BCUT2D eigenvalue weighted by Gasteiger charge is -2.28. The minimum atomic E-state index is -0.222. The van der Waals surface area contributed by atoms with Crippen molar-refractivity contribution in [2.45, 2.75) is 13.0 Å². The fraction of sp³-hybridized carbons (Fsp3) is 0.250. The van der Waals surface area contributed by atoms with Crippen LogP contribution in [0.1, 0.15) is 11.3 Å². The van der Waals surface area contributed by atoms with Gasteiger partial charge in [0.25, 0.3) is 0 Å². The highest BCUT2D eigenvalue weighted by molar-refractivity contribution is 7.22. The Kier molecular flexibility index (Phi) is 3.43. The van der Waals surface area contributed by atoms with Crippen molar-refractivity contribution < 1.29 is 8.81 Å². The highest BCUT2D eigenvalue weighted by Gasteiger charge is 2.23. The topological polar surface area (TPSA) is 32.5 Å². The van der Waals surface area contributed by atoms with Gasteiger partial charge >= 0.3 is 0 Å². The highest BCUT2D eigenvalue weighted by Crippen LogP contribution is 2.35. The van der Waals surface area contributed by atoms with Crippen molar-refractivity contribution in [3.63, 3.8) is 0 Å². The summed E-state index contributed by atoms with van der Waals surface area (Å²) in [5.74, 6) is 0.760. The summed E-state index contributed by atoms with van der Waals surface area (Å²) in [4.78, 5) is 9.01. The van der Waals surface area contributed by atoms with Gasteiger partial charge in [0, 0.05) is 50.2 Å². The molecule has 0 unspecified atom stereocenters. The summed E-state index contributed by atoms with van der Waals surface area (Å²) in [5, 5.41) is 1.90. The van der Waals surface area contributed by atoms with Crippen LogP contribution in [0.5, 0.6) is 0 Å². The molecule has 132 valence electrons. The molecule has 3 heterocycles. The summed E-state index contributed by atoms with van der Waals surface area (Å²) in [7, 11) is 4.02.